The maximum absolute atomic E-state index is 12.3. The van der Waals surface area contributed by atoms with Crippen LogP contribution in [0.15, 0.2) is 16.5 Å². The fraction of sp³-hybridized carbons (Fsp3) is 0.688. The number of methoxy groups -OCH3 is 1. The van der Waals surface area contributed by atoms with Crippen molar-refractivity contribution in [3.8, 4) is 0 Å². The van der Waals surface area contributed by atoms with Gasteiger partial charge in [-0.25, -0.2) is 4.79 Å². The quantitative estimate of drug-likeness (QED) is 0.751. The molecule has 0 bridgehead atoms. The predicted molar refractivity (Wildman–Crippen MR) is 82.6 cm³/mol. The van der Waals surface area contributed by atoms with Crippen LogP contribution in [0.4, 0.5) is 4.79 Å². The summed E-state index contributed by atoms with van der Waals surface area (Å²) in [7, 11) is 1.59. The van der Waals surface area contributed by atoms with E-state index >= 15 is 0 Å². The summed E-state index contributed by atoms with van der Waals surface area (Å²) in [5, 5.41) is 15.4. The Bertz CT molecular complexity index is 502. The maximum atomic E-state index is 12.3. The Kier molecular flexibility index (Phi) is 5.47. The molecule has 3 unspecified atom stereocenters. The second-order valence-electron chi connectivity index (χ2n) is 6.33. The number of aryl methyl sites for hydroxylation is 1. The summed E-state index contributed by atoms with van der Waals surface area (Å²) >= 11 is 0. The Labute approximate surface area is 131 Å². The summed E-state index contributed by atoms with van der Waals surface area (Å²) in [4.78, 5) is 12.3. The molecule has 0 spiro atoms. The van der Waals surface area contributed by atoms with Gasteiger partial charge in [0, 0.05) is 18.6 Å². The number of furan rings is 1. The number of carbonyl (C=O) groups excluding carboxylic acids is 1. The molecule has 1 heterocycles. The minimum Gasteiger partial charge on any atom is -0.464 e. The van der Waals surface area contributed by atoms with Gasteiger partial charge in [0.05, 0.1) is 13.2 Å². The van der Waals surface area contributed by atoms with Crippen LogP contribution in [0.1, 0.15) is 43.7 Å². The van der Waals surface area contributed by atoms with Crippen LogP contribution in [0.2, 0.25) is 0 Å². The van der Waals surface area contributed by atoms with Gasteiger partial charge in [-0.2, -0.15) is 0 Å². The van der Waals surface area contributed by atoms with Gasteiger partial charge in [0.15, 0.2) is 0 Å². The van der Waals surface area contributed by atoms with Crippen LogP contribution in [0.3, 0.4) is 0 Å². The number of hydrogen-bond acceptors (Lipinski definition) is 4. The van der Waals surface area contributed by atoms with E-state index in [2.05, 4.69) is 10.6 Å². The SMILES string of the molecule is COCC(NC(=O)NC1CCCC1(C)CO)c1ccc(C)o1. The molecule has 22 heavy (non-hydrogen) atoms. The molecule has 1 aromatic rings. The Morgan fingerprint density at radius 1 is 1.59 bits per heavy atom. The Balaban J connectivity index is 1.97. The van der Waals surface area contributed by atoms with Crippen molar-refractivity contribution in [2.45, 2.75) is 45.2 Å². The topological polar surface area (TPSA) is 83.7 Å². The molecule has 0 aliphatic heterocycles. The van der Waals surface area contributed by atoms with E-state index in [1.165, 1.54) is 0 Å². The third-order valence-electron chi connectivity index (χ3n) is 4.49. The van der Waals surface area contributed by atoms with E-state index in [-0.39, 0.29) is 30.1 Å². The van der Waals surface area contributed by atoms with E-state index in [4.69, 9.17) is 9.15 Å². The second kappa shape index (κ2) is 7.15. The first-order chi connectivity index (χ1) is 10.5. The molecule has 2 amide bonds. The third-order valence-corrected chi connectivity index (χ3v) is 4.49. The highest BCUT2D eigenvalue weighted by Gasteiger charge is 2.39. The normalized spacial score (nSPS) is 25.9. The Morgan fingerprint density at radius 2 is 2.36 bits per heavy atom. The van der Waals surface area contributed by atoms with Gasteiger partial charge in [0.1, 0.15) is 17.6 Å². The van der Waals surface area contributed by atoms with Crippen molar-refractivity contribution in [2.75, 3.05) is 20.3 Å². The lowest BCUT2D eigenvalue weighted by Gasteiger charge is -2.30. The number of rotatable bonds is 6. The molecule has 2 rings (SSSR count). The van der Waals surface area contributed by atoms with Crippen molar-refractivity contribution in [1.82, 2.24) is 10.6 Å². The molecule has 0 saturated heterocycles. The number of amides is 2. The lowest BCUT2D eigenvalue weighted by molar-refractivity contribution is 0.118. The number of nitrogens with one attached hydrogen (secondary N) is 2. The fourth-order valence-electron chi connectivity index (χ4n) is 3.03. The molecule has 3 N–H and O–H groups in total. The molecule has 0 radical (unpaired) electrons. The van der Waals surface area contributed by atoms with Gasteiger partial charge in [-0.15, -0.1) is 0 Å². The molecule has 1 aliphatic carbocycles. The number of urea groups is 1. The van der Waals surface area contributed by atoms with Crippen molar-refractivity contribution >= 4 is 6.03 Å². The largest absolute Gasteiger partial charge is 0.464 e. The molecule has 124 valence electrons. The van der Waals surface area contributed by atoms with Gasteiger partial charge >= 0.3 is 6.03 Å². The molecular formula is C16H26N2O4. The standard InChI is InChI=1S/C16H26N2O4/c1-11-6-7-13(22-11)12(9-21-3)17-15(20)18-14-5-4-8-16(14,2)10-19/h6-7,12,14,19H,4-5,8-10H2,1-3H3,(H2,17,18,20). The number of aliphatic hydroxyl groups excluding tert-OH is 1. The number of carbonyl (C=O) groups is 1. The predicted octanol–water partition coefficient (Wildman–Crippen LogP) is 2.13. The van der Waals surface area contributed by atoms with Gasteiger partial charge in [0.2, 0.25) is 0 Å². The number of hydrogen-bond donors (Lipinski definition) is 3. The van der Waals surface area contributed by atoms with E-state index < -0.39 is 0 Å². The molecular weight excluding hydrogens is 284 g/mol. The summed E-state index contributed by atoms with van der Waals surface area (Å²) in [5.41, 5.74) is -0.241. The van der Waals surface area contributed by atoms with E-state index in [9.17, 15) is 9.90 Å². The highest BCUT2D eigenvalue weighted by Crippen LogP contribution is 2.37. The van der Waals surface area contributed by atoms with Crippen LogP contribution >= 0.6 is 0 Å². The van der Waals surface area contributed by atoms with Crippen molar-refractivity contribution < 1.29 is 19.1 Å². The van der Waals surface area contributed by atoms with Crippen LogP contribution in [0.5, 0.6) is 0 Å². The average Bonchev–Trinajstić information content (AvgIpc) is 3.06. The molecule has 6 nitrogen and oxygen atoms in total. The summed E-state index contributed by atoms with van der Waals surface area (Å²) < 4.78 is 10.7. The van der Waals surface area contributed by atoms with Gasteiger partial charge in [-0.05, 0) is 31.9 Å². The highest BCUT2D eigenvalue weighted by atomic mass is 16.5. The average molecular weight is 310 g/mol. The highest BCUT2D eigenvalue weighted by molar-refractivity contribution is 5.74. The second-order valence-corrected chi connectivity index (χ2v) is 6.33. The van der Waals surface area contributed by atoms with Gasteiger partial charge in [-0.3, -0.25) is 0 Å². The Morgan fingerprint density at radius 3 is 2.95 bits per heavy atom. The molecule has 6 heteroatoms. The monoisotopic (exact) mass is 310 g/mol. The van der Waals surface area contributed by atoms with Crippen LogP contribution < -0.4 is 10.6 Å². The number of ether oxygens (including phenoxy) is 1. The summed E-state index contributed by atoms with van der Waals surface area (Å²) in [6.07, 6.45) is 2.83. The Hall–Kier alpha value is -1.53. The van der Waals surface area contributed by atoms with Crippen molar-refractivity contribution in [2.24, 2.45) is 5.41 Å². The van der Waals surface area contributed by atoms with Gasteiger partial charge in [0.25, 0.3) is 0 Å². The lowest BCUT2D eigenvalue weighted by Crippen LogP contribution is -2.49. The molecule has 0 aromatic carbocycles. The zero-order valence-corrected chi connectivity index (χ0v) is 13.5. The smallest absolute Gasteiger partial charge is 0.315 e. The van der Waals surface area contributed by atoms with Crippen molar-refractivity contribution in [3.63, 3.8) is 0 Å². The van der Waals surface area contributed by atoms with Gasteiger partial charge in [-0.1, -0.05) is 13.3 Å². The van der Waals surface area contributed by atoms with Crippen LogP contribution in [-0.4, -0.2) is 37.5 Å². The molecule has 1 aliphatic rings. The third kappa shape index (κ3) is 3.81. The summed E-state index contributed by atoms with van der Waals surface area (Å²) in [5.74, 6) is 1.47. The summed E-state index contributed by atoms with van der Waals surface area (Å²) in [6, 6.07) is 3.09. The zero-order valence-electron chi connectivity index (χ0n) is 13.5. The van der Waals surface area contributed by atoms with E-state index in [0.717, 1.165) is 25.0 Å². The first-order valence-corrected chi connectivity index (χ1v) is 7.71. The molecule has 1 fully saturated rings. The minimum atomic E-state index is -0.333. The van der Waals surface area contributed by atoms with E-state index in [0.29, 0.717) is 12.4 Å². The van der Waals surface area contributed by atoms with Gasteiger partial charge < -0.3 is 24.9 Å². The lowest BCUT2D eigenvalue weighted by atomic mass is 9.86. The summed E-state index contributed by atoms with van der Waals surface area (Å²) in [6.45, 7) is 4.28. The number of aliphatic hydroxyl groups is 1. The van der Waals surface area contributed by atoms with E-state index in [1.807, 2.05) is 26.0 Å². The maximum Gasteiger partial charge on any atom is 0.315 e. The first-order valence-electron chi connectivity index (χ1n) is 7.71. The van der Waals surface area contributed by atoms with Crippen molar-refractivity contribution in [1.29, 1.82) is 0 Å². The molecule has 1 saturated carbocycles. The fourth-order valence-corrected chi connectivity index (χ4v) is 3.03. The van der Waals surface area contributed by atoms with Crippen LogP contribution in [0, 0.1) is 12.3 Å². The molecule has 3 atom stereocenters. The zero-order chi connectivity index (χ0) is 16.2. The van der Waals surface area contributed by atoms with Crippen LogP contribution in [0.25, 0.3) is 0 Å². The van der Waals surface area contributed by atoms with E-state index in [1.54, 1.807) is 7.11 Å². The van der Waals surface area contributed by atoms with Crippen LogP contribution in [-0.2, 0) is 4.74 Å². The van der Waals surface area contributed by atoms with Crippen molar-refractivity contribution in [3.05, 3.63) is 23.7 Å². The minimum absolute atomic E-state index is 0.0148. The first kappa shape index (κ1) is 16.8. The molecule has 1 aromatic heterocycles.